The zero-order chi connectivity index (χ0) is 41.2. The number of benzene rings is 9. The molecule has 3 nitrogen and oxygen atoms in total. The summed E-state index contributed by atoms with van der Waals surface area (Å²) in [6.07, 6.45) is 3.10. The van der Waals surface area contributed by atoms with Gasteiger partial charge in [-0.2, -0.15) is 0 Å². The van der Waals surface area contributed by atoms with Gasteiger partial charge in [-0.15, -0.1) is 0 Å². The van der Waals surface area contributed by atoms with E-state index >= 15 is 0 Å². The van der Waals surface area contributed by atoms with Crippen molar-refractivity contribution in [3.63, 3.8) is 0 Å². The fourth-order valence-electron chi connectivity index (χ4n) is 9.15. The van der Waals surface area contributed by atoms with Gasteiger partial charge in [0.15, 0.2) is 0 Å². The minimum atomic E-state index is -0.223. The van der Waals surface area contributed by atoms with Crippen molar-refractivity contribution < 1.29 is 0 Å². The van der Waals surface area contributed by atoms with Gasteiger partial charge in [-0.25, -0.2) is 0 Å². The highest BCUT2D eigenvalue weighted by molar-refractivity contribution is 6.07. The number of rotatable bonds is 8. The molecule has 2 aliphatic rings. The molecule has 0 radical (unpaired) electrons. The van der Waals surface area contributed by atoms with Crippen LogP contribution in [0.25, 0.3) is 49.9 Å². The third-order valence-electron chi connectivity index (χ3n) is 12.3. The first-order valence-corrected chi connectivity index (χ1v) is 21.4. The third-order valence-corrected chi connectivity index (χ3v) is 12.3. The fraction of sp³-hybridized carbons (Fsp3) is 0.0508. The topological polar surface area (TPSA) is 36.8 Å². The van der Waals surface area contributed by atoms with E-state index in [1.54, 1.807) is 0 Å². The molecule has 0 fully saturated rings. The Balaban J connectivity index is 1.02. The molecule has 0 saturated heterocycles. The smallest absolute Gasteiger partial charge is 0.133 e. The monoisotopic (exact) mass is 793 g/mol. The van der Waals surface area contributed by atoms with Crippen LogP contribution < -0.4 is 5.32 Å². The molecule has 0 saturated carbocycles. The van der Waals surface area contributed by atoms with Crippen molar-refractivity contribution in [3.05, 3.63) is 264 Å². The van der Waals surface area contributed by atoms with Crippen LogP contribution in [-0.4, -0.2) is 11.5 Å². The van der Waals surface area contributed by atoms with E-state index < -0.39 is 0 Å². The van der Waals surface area contributed by atoms with Gasteiger partial charge < -0.3 is 5.32 Å². The Hall–Kier alpha value is -7.88. The Labute approximate surface area is 363 Å². The lowest BCUT2D eigenvalue weighted by atomic mass is 9.80. The molecular formula is C59H43N3. The summed E-state index contributed by atoms with van der Waals surface area (Å²) >= 11 is 0. The minimum Gasteiger partial charge on any atom is -0.340 e. The van der Waals surface area contributed by atoms with Crippen LogP contribution in [0.4, 0.5) is 5.69 Å². The van der Waals surface area contributed by atoms with E-state index in [0.717, 1.165) is 57.2 Å². The number of hydrogen-bond donors (Lipinski definition) is 1. The Kier molecular flexibility index (Phi) is 9.76. The summed E-state index contributed by atoms with van der Waals surface area (Å²) in [6.45, 7) is 0. The summed E-state index contributed by atoms with van der Waals surface area (Å²) in [6, 6.07) is 80.2. The lowest BCUT2D eigenvalue weighted by molar-refractivity contribution is 0.849. The first kappa shape index (κ1) is 37.1. The first-order valence-electron chi connectivity index (χ1n) is 21.4. The van der Waals surface area contributed by atoms with E-state index in [9.17, 15) is 0 Å². The summed E-state index contributed by atoms with van der Waals surface area (Å²) in [5.41, 5.74) is 17.3. The molecule has 294 valence electrons. The van der Waals surface area contributed by atoms with Crippen molar-refractivity contribution in [3.8, 4) is 33.4 Å². The van der Waals surface area contributed by atoms with E-state index in [0.29, 0.717) is 0 Å². The second-order valence-electron chi connectivity index (χ2n) is 16.2. The van der Waals surface area contributed by atoms with E-state index in [1.165, 1.54) is 49.7 Å². The van der Waals surface area contributed by atoms with Gasteiger partial charge in [-0.05, 0) is 114 Å². The van der Waals surface area contributed by atoms with Gasteiger partial charge in [0.1, 0.15) is 5.84 Å². The summed E-state index contributed by atoms with van der Waals surface area (Å²) in [4.78, 5) is 10.8. The average Bonchev–Trinajstić information content (AvgIpc) is 3.37. The maximum atomic E-state index is 5.50. The molecule has 0 bridgehead atoms. The van der Waals surface area contributed by atoms with E-state index in [2.05, 4.69) is 236 Å². The van der Waals surface area contributed by atoms with Gasteiger partial charge in [-0.1, -0.05) is 188 Å². The van der Waals surface area contributed by atoms with Crippen LogP contribution in [0, 0.1) is 0 Å². The maximum absolute atomic E-state index is 5.50. The number of fused-ring (bicyclic) bond motifs is 3. The summed E-state index contributed by atoms with van der Waals surface area (Å²) < 4.78 is 0. The molecule has 62 heavy (non-hydrogen) atoms. The molecule has 0 amide bonds. The fourth-order valence-corrected chi connectivity index (χ4v) is 9.15. The Morgan fingerprint density at radius 2 is 0.935 bits per heavy atom. The highest BCUT2D eigenvalue weighted by atomic mass is 15.0. The highest BCUT2D eigenvalue weighted by Gasteiger charge is 2.28. The predicted molar refractivity (Wildman–Crippen MR) is 259 cm³/mol. The van der Waals surface area contributed by atoms with Crippen LogP contribution in [0.5, 0.6) is 0 Å². The number of aliphatic imine (C=N–C) groups is 2. The molecule has 9 aromatic carbocycles. The van der Waals surface area contributed by atoms with E-state index in [1.807, 2.05) is 0 Å². The van der Waals surface area contributed by atoms with Crippen LogP contribution >= 0.6 is 0 Å². The van der Waals surface area contributed by atoms with Gasteiger partial charge >= 0.3 is 0 Å². The molecule has 2 aliphatic heterocycles. The highest BCUT2D eigenvalue weighted by Crippen LogP contribution is 2.45. The summed E-state index contributed by atoms with van der Waals surface area (Å²) in [5.74, 6) is 1.02. The number of nitrogens with zero attached hydrogens (tertiary/aromatic N) is 2. The Morgan fingerprint density at radius 1 is 0.403 bits per heavy atom. The SMILES string of the molecule is C1=C(c2ccccc2)NC(c2cccc(-c3ccc4ccc5c(c4c3)C(c3ccccc3)CC(c3ccccc3)=N5)c2)=NC1c1cc(-c2ccccc2)cc(-c2ccccc2)c1. The van der Waals surface area contributed by atoms with Crippen molar-refractivity contribution in [1.29, 1.82) is 0 Å². The lowest BCUT2D eigenvalue weighted by Crippen LogP contribution is -2.27. The Morgan fingerprint density at radius 3 is 1.60 bits per heavy atom. The molecular weight excluding hydrogens is 751 g/mol. The second kappa shape index (κ2) is 16.3. The van der Waals surface area contributed by atoms with Gasteiger partial charge in [-0.3, -0.25) is 9.98 Å². The van der Waals surface area contributed by atoms with Gasteiger partial charge in [0.2, 0.25) is 0 Å². The standard InChI is InChI=1S/C59H43N3/c1-6-17-40(18-7-1)49-34-50(41-19-8-2-9-20-41)36-51(35-49)57-39-56(45-25-14-5-15-26-45)61-59(62-57)48-28-16-27-46(33-48)47-30-29-43-31-32-54-58(52(43)37-47)53(42-21-10-3-11-22-42)38-55(60-54)44-23-12-4-13-24-44/h1-37,39,53,57H,38H2,(H,61,62). The van der Waals surface area contributed by atoms with Crippen LogP contribution in [0.3, 0.4) is 0 Å². The number of amidine groups is 1. The van der Waals surface area contributed by atoms with Crippen LogP contribution in [0.1, 0.15) is 51.8 Å². The molecule has 0 aromatic heterocycles. The van der Waals surface area contributed by atoms with Crippen molar-refractivity contribution in [2.45, 2.75) is 18.4 Å². The molecule has 2 heterocycles. The minimum absolute atomic E-state index is 0.174. The predicted octanol–water partition coefficient (Wildman–Crippen LogP) is 14.6. The van der Waals surface area contributed by atoms with E-state index in [4.69, 9.17) is 9.98 Å². The molecule has 11 rings (SSSR count). The van der Waals surface area contributed by atoms with Crippen molar-refractivity contribution in [2.24, 2.45) is 9.98 Å². The van der Waals surface area contributed by atoms with Gasteiger partial charge in [0, 0.05) is 29.3 Å². The average molecular weight is 794 g/mol. The molecule has 0 spiro atoms. The molecule has 9 aromatic rings. The number of nitrogens with one attached hydrogen (secondary N) is 1. The number of hydrogen-bond acceptors (Lipinski definition) is 3. The van der Waals surface area contributed by atoms with E-state index in [-0.39, 0.29) is 12.0 Å². The largest absolute Gasteiger partial charge is 0.340 e. The zero-order valence-electron chi connectivity index (χ0n) is 34.2. The normalized spacial score (nSPS) is 15.8. The first-order chi connectivity index (χ1) is 30.7. The van der Waals surface area contributed by atoms with Crippen molar-refractivity contribution in [2.75, 3.05) is 0 Å². The quantitative estimate of drug-likeness (QED) is 0.163. The molecule has 0 aliphatic carbocycles. The van der Waals surface area contributed by atoms with Gasteiger partial charge in [0.25, 0.3) is 0 Å². The molecule has 3 heteroatoms. The van der Waals surface area contributed by atoms with Crippen LogP contribution in [0.2, 0.25) is 0 Å². The van der Waals surface area contributed by atoms with Crippen LogP contribution in [-0.2, 0) is 0 Å². The maximum Gasteiger partial charge on any atom is 0.133 e. The van der Waals surface area contributed by atoms with Crippen molar-refractivity contribution in [1.82, 2.24) is 5.32 Å². The second-order valence-corrected chi connectivity index (χ2v) is 16.2. The summed E-state index contributed by atoms with van der Waals surface area (Å²) in [7, 11) is 0. The molecule has 1 N–H and O–H groups in total. The van der Waals surface area contributed by atoms with Crippen LogP contribution in [0.15, 0.2) is 241 Å². The Bertz CT molecular complexity index is 3090. The zero-order valence-corrected chi connectivity index (χ0v) is 34.2. The molecule has 2 unspecified atom stereocenters. The lowest BCUT2D eigenvalue weighted by Gasteiger charge is -2.27. The van der Waals surface area contributed by atoms with Crippen molar-refractivity contribution >= 4 is 33.7 Å². The third kappa shape index (κ3) is 7.35. The van der Waals surface area contributed by atoms with Gasteiger partial charge in [0.05, 0.1) is 11.7 Å². The summed E-state index contributed by atoms with van der Waals surface area (Å²) in [5, 5.41) is 6.22. The molecule has 2 atom stereocenters.